The Hall–Kier alpha value is 0.01000. The van der Waals surface area contributed by atoms with Gasteiger partial charge < -0.3 is 0 Å². The number of thioether (sulfide) groups is 1. The molecule has 0 spiro atoms. The van der Waals surface area contributed by atoms with Crippen molar-refractivity contribution in [2.24, 2.45) is 0 Å². The fourth-order valence-corrected chi connectivity index (χ4v) is 1.02. The van der Waals surface area contributed by atoms with Crippen molar-refractivity contribution < 1.29 is 39.5 Å². The Balaban J connectivity index is 5.03. The summed E-state index contributed by atoms with van der Waals surface area (Å²) in [5, 5.41) is -11.6. The van der Waals surface area contributed by atoms with Gasteiger partial charge in [0.25, 0.3) is 0 Å². The Labute approximate surface area is 85.8 Å². The van der Waals surface area contributed by atoms with Crippen LogP contribution in [0.3, 0.4) is 0 Å². The standard InChI is InChI=1S/C4ClF9S/c5-1(6,2(7,8)9)3(10,11)15-4(12,13)14. The molecule has 1 atom stereocenters. The third kappa shape index (κ3) is 3.51. The second kappa shape index (κ2) is 3.79. The molecule has 0 heterocycles. The average molecular weight is 287 g/mol. The van der Waals surface area contributed by atoms with Crippen LogP contribution in [0.15, 0.2) is 0 Å². The van der Waals surface area contributed by atoms with Crippen LogP contribution in [0, 0.1) is 0 Å². The summed E-state index contributed by atoms with van der Waals surface area (Å²) in [6.45, 7) is 0. The molecule has 0 aliphatic heterocycles. The van der Waals surface area contributed by atoms with Crippen molar-refractivity contribution in [3.63, 3.8) is 0 Å². The Morgan fingerprint density at radius 1 is 0.733 bits per heavy atom. The monoisotopic (exact) mass is 286 g/mol. The second-order valence-electron chi connectivity index (χ2n) is 2.14. The smallest absolute Gasteiger partial charge is 0.208 e. The van der Waals surface area contributed by atoms with Gasteiger partial charge in [0.05, 0.1) is 0 Å². The van der Waals surface area contributed by atoms with Gasteiger partial charge in [-0.05, 0) is 0 Å². The summed E-state index contributed by atoms with van der Waals surface area (Å²) < 4.78 is 105. The first kappa shape index (κ1) is 15.0. The van der Waals surface area contributed by atoms with E-state index in [4.69, 9.17) is 0 Å². The molecule has 0 radical (unpaired) electrons. The molecule has 1 unspecified atom stereocenters. The lowest BCUT2D eigenvalue weighted by Gasteiger charge is -2.29. The molecule has 0 rings (SSSR count). The van der Waals surface area contributed by atoms with E-state index in [9.17, 15) is 39.5 Å². The zero-order valence-electron chi connectivity index (χ0n) is 6.19. The van der Waals surface area contributed by atoms with Gasteiger partial charge in [0, 0.05) is 11.8 Å². The number of hydrogen-bond acceptors (Lipinski definition) is 1. The van der Waals surface area contributed by atoms with E-state index >= 15 is 0 Å². The second-order valence-corrected chi connectivity index (χ2v) is 3.84. The van der Waals surface area contributed by atoms with Gasteiger partial charge in [0.1, 0.15) is 0 Å². The Morgan fingerprint density at radius 3 is 1.27 bits per heavy atom. The highest BCUT2D eigenvalue weighted by Gasteiger charge is 2.73. The Bertz CT molecular complexity index is 227. The van der Waals surface area contributed by atoms with Crippen molar-refractivity contribution in [3.05, 3.63) is 0 Å². The third-order valence-corrected chi connectivity index (χ3v) is 2.30. The molecule has 15 heavy (non-hydrogen) atoms. The molecule has 92 valence electrons. The van der Waals surface area contributed by atoms with Crippen LogP contribution in [0.1, 0.15) is 0 Å². The van der Waals surface area contributed by atoms with Gasteiger partial charge in [-0.25, -0.2) is 4.39 Å². The summed E-state index contributed by atoms with van der Waals surface area (Å²) in [5.41, 5.74) is -5.75. The van der Waals surface area contributed by atoms with Gasteiger partial charge in [-0.2, -0.15) is 35.1 Å². The summed E-state index contributed by atoms with van der Waals surface area (Å²) >= 11 is 1.28. The minimum Gasteiger partial charge on any atom is -0.208 e. The van der Waals surface area contributed by atoms with Crippen LogP contribution >= 0.6 is 23.4 Å². The van der Waals surface area contributed by atoms with Crippen molar-refractivity contribution in [1.82, 2.24) is 0 Å². The van der Waals surface area contributed by atoms with E-state index in [1.165, 1.54) is 0 Å². The summed E-state index contributed by atoms with van der Waals surface area (Å²) in [4.78, 5) is 0. The van der Waals surface area contributed by atoms with E-state index in [2.05, 4.69) is 11.6 Å². The molecule has 0 saturated heterocycles. The maximum absolute atomic E-state index is 12.3. The maximum atomic E-state index is 12.3. The highest BCUT2D eigenvalue weighted by atomic mass is 35.5. The highest BCUT2D eigenvalue weighted by Crippen LogP contribution is 2.57. The first-order valence-corrected chi connectivity index (χ1v) is 3.99. The van der Waals surface area contributed by atoms with Crippen LogP contribution in [0.4, 0.5) is 39.5 Å². The van der Waals surface area contributed by atoms with Gasteiger partial charge >= 0.3 is 22.1 Å². The zero-order chi connectivity index (χ0) is 12.7. The number of hydrogen-bond donors (Lipinski definition) is 0. The molecule has 0 saturated carbocycles. The van der Waals surface area contributed by atoms with E-state index in [1.54, 1.807) is 0 Å². The predicted molar refractivity (Wildman–Crippen MR) is 34.3 cm³/mol. The van der Waals surface area contributed by atoms with E-state index in [-0.39, 0.29) is 0 Å². The summed E-state index contributed by atoms with van der Waals surface area (Å²) in [5.74, 6) is 0. The molecule has 0 aromatic heterocycles. The minimum atomic E-state index is -6.32. The van der Waals surface area contributed by atoms with Crippen LogP contribution in [-0.4, -0.2) is 22.1 Å². The maximum Gasteiger partial charge on any atom is 0.447 e. The molecule has 0 aromatic carbocycles. The topological polar surface area (TPSA) is 0 Å². The lowest BCUT2D eigenvalue weighted by atomic mass is 10.4. The first-order valence-electron chi connectivity index (χ1n) is 2.80. The summed E-state index contributed by atoms with van der Waals surface area (Å²) in [7, 11) is 0. The summed E-state index contributed by atoms with van der Waals surface area (Å²) in [6.07, 6.45) is -6.32. The largest absolute Gasteiger partial charge is 0.447 e. The van der Waals surface area contributed by atoms with Gasteiger partial charge in [-0.1, -0.05) is 11.6 Å². The quantitative estimate of drug-likeness (QED) is 0.539. The normalized spacial score (nSPS) is 18.8. The van der Waals surface area contributed by atoms with Crippen molar-refractivity contribution in [1.29, 1.82) is 0 Å². The zero-order valence-corrected chi connectivity index (χ0v) is 7.76. The van der Waals surface area contributed by atoms with E-state index in [0.717, 1.165) is 0 Å². The Kier molecular flexibility index (Phi) is 3.79. The molecule has 0 bridgehead atoms. The molecule has 0 aliphatic rings. The fourth-order valence-electron chi connectivity index (χ4n) is 0.374. The van der Waals surface area contributed by atoms with Crippen molar-refractivity contribution >= 4 is 23.4 Å². The first-order chi connectivity index (χ1) is 6.21. The van der Waals surface area contributed by atoms with Gasteiger partial charge in [0.2, 0.25) is 0 Å². The number of alkyl halides is 10. The molecule has 0 N–H and O–H groups in total. The van der Waals surface area contributed by atoms with Crippen LogP contribution in [-0.2, 0) is 0 Å². The molecule has 11 heteroatoms. The Morgan fingerprint density at radius 2 is 1.07 bits per heavy atom. The number of halogens is 10. The fraction of sp³-hybridized carbons (Fsp3) is 1.00. The average Bonchev–Trinajstić information content (AvgIpc) is 1.77. The lowest BCUT2D eigenvalue weighted by molar-refractivity contribution is -0.242. The third-order valence-electron chi connectivity index (χ3n) is 0.965. The molecular weight excluding hydrogens is 287 g/mol. The molecule has 0 amide bonds. The highest BCUT2D eigenvalue weighted by molar-refractivity contribution is 8.01. The molecule has 0 aromatic rings. The van der Waals surface area contributed by atoms with Crippen molar-refractivity contribution in [2.75, 3.05) is 0 Å². The predicted octanol–water partition coefficient (Wildman–Crippen LogP) is 4.30. The van der Waals surface area contributed by atoms with Crippen molar-refractivity contribution in [3.8, 4) is 0 Å². The minimum absolute atomic E-state index is 2.47. The molecule has 0 aliphatic carbocycles. The van der Waals surface area contributed by atoms with Gasteiger partial charge in [0.15, 0.2) is 0 Å². The molecule has 0 nitrogen and oxygen atoms in total. The lowest BCUT2D eigenvalue weighted by Crippen LogP contribution is -2.50. The van der Waals surface area contributed by atoms with E-state index < -0.39 is 33.8 Å². The van der Waals surface area contributed by atoms with Crippen LogP contribution in [0.25, 0.3) is 0 Å². The van der Waals surface area contributed by atoms with E-state index in [1.807, 2.05) is 0 Å². The molecule has 0 fully saturated rings. The SMILES string of the molecule is FC(F)(F)SC(F)(F)C(F)(Cl)C(F)(F)F. The number of rotatable bonds is 2. The van der Waals surface area contributed by atoms with Gasteiger partial charge in [-0.15, -0.1) is 0 Å². The van der Waals surface area contributed by atoms with Gasteiger partial charge in [-0.3, -0.25) is 0 Å². The molecular formula is C4ClF9S. The van der Waals surface area contributed by atoms with Crippen LogP contribution in [0.5, 0.6) is 0 Å². The van der Waals surface area contributed by atoms with Crippen molar-refractivity contribution in [2.45, 2.75) is 22.1 Å². The summed E-state index contributed by atoms with van der Waals surface area (Å²) in [6, 6.07) is 0. The van der Waals surface area contributed by atoms with Crippen LogP contribution in [0.2, 0.25) is 0 Å². The van der Waals surface area contributed by atoms with E-state index in [0.29, 0.717) is 0 Å². The van der Waals surface area contributed by atoms with Crippen LogP contribution < -0.4 is 0 Å².